The molecule has 0 bridgehead atoms. The largest absolute Gasteiger partial charge is 0.487 e. The van der Waals surface area contributed by atoms with E-state index in [9.17, 15) is 5.11 Å². The second-order valence-corrected chi connectivity index (χ2v) is 8.03. The highest BCUT2D eigenvalue weighted by atomic mass is 35.5. The number of hydrogen-bond donors (Lipinski definition) is 2. The third kappa shape index (κ3) is 4.08. The van der Waals surface area contributed by atoms with Crippen LogP contribution < -0.4 is 10.1 Å². The monoisotopic (exact) mass is 362 g/mol. The van der Waals surface area contributed by atoms with Gasteiger partial charge < -0.3 is 15.2 Å². The number of ether oxygens (including phenoxy) is 1. The van der Waals surface area contributed by atoms with E-state index in [1.54, 1.807) is 0 Å². The number of nitrogens with one attached hydrogen (secondary N) is 1. The molecule has 0 fully saturated rings. The molecule has 0 amide bonds. The van der Waals surface area contributed by atoms with Gasteiger partial charge in [0, 0.05) is 30.0 Å². The molecule has 2 atom stereocenters. The number of hydrogen-bond acceptors (Lipinski definition) is 4. The normalized spacial score (nSPS) is 20.2. The Kier molecular flexibility index (Phi) is 5.24. The second-order valence-electron chi connectivity index (χ2n) is 7.64. The predicted octanol–water partition coefficient (Wildman–Crippen LogP) is 4.55. The fraction of sp³-hybridized carbons (Fsp3) is 0.550. The zero-order chi connectivity index (χ0) is 18.2. The van der Waals surface area contributed by atoms with Crippen molar-refractivity contribution in [3.05, 3.63) is 34.5 Å². The highest BCUT2D eigenvalue weighted by Gasteiger charge is 2.34. The van der Waals surface area contributed by atoms with Gasteiger partial charge in [-0.1, -0.05) is 24.9 Å². The van der Waals surface area contributed by atoms with Crippen molar-refractivity contribution in [1.82, 2.24) is 10.3 Å². The topological polar surface area (TPSA) is 54.4 Å². The molecule has 0 saturated heterocycles. The van der Waals surface area contributed by atoms with Gasteiger partial charge in [0.15, 0.2) is 0 Å². The molecule has 0 saturated carbocycles. The molecule has 25 heavy (non-hydrogen) atoms. The van der Waals surface area contributed by atoms with Crippen LogP contribution in [0.3, 0.4) is 0 Å². The first-order chi connectivity index (χ1) is 11.8. The minimum Gasteiger partial charge on any atom is -0.487 e. The van der Waals surface area contributed by atoms with E-state index < -0.39 is 0 Å². The van der Waals surface area contributed by atoms with Crippen LogP contribution in [-0.2, 0) is 0 Å². The van der Waals surface area contributed by atoms with Gasteiger partial charge in [0.05, 0.1) is 11.6 Å². The molecule has 1 aromatic carbocycles. The highest BCUT2D eigenvalue weighted by Crippen LogP contribution is 2.42. The zero-order valence-corrected chi connectivity index (χ0v) is 16.2. The molecule has 4 nitrogen and oxygen atoms in total. The lowest BCUT2D eigenvalue weighted by Gasteiger charge is -2.38. The Bertz CT molecular complexity index is 776. The predicted molar refractivity (Wildman–Crippen MR) is 102 cm³/mol. The van der Waals surface area contributed by atoms with Crippen LogP contribution in [0.25, 0.3) is 10.9 Å². The fourth-order valence-electron chi connectivity index (χ4n) is 3.59. The van der Waals surface area contributed by atoms with Gasteiger partial charge in [-0.15, -0.1) is 0 Å². The summed E-state index contributed by atoms with van der Waals surface area (Å²) < 4.78 is 6.23. The maximum Gasteiger partial charge on any atom is 0.130 e. The summed E-state index contributed by atoms with van der Waals surface area (Å²) in [5.41, 5.74) is 2.80. The van der Waals surface area contributed by atoms with E-state index in [1.165, 1.54) is 0 Å². The minimum absolute atomic E-state index is 0.121. The average Bonchev–Trinajstić information content (AvgIpc) is 2.51. The number of halogens is 1. The molecule has 3 rings (SSSR count). The highest BCUT2D eigenvalue weighted by molar-refractivity contribution is 6.29. The van der Waals surface area contributed by atoms with Crippen molar-refractivity contribution >= 4 is 22.5 Å². The number of fused-ring (bicyclic) bond motifs is 2. The van der Waals surface area contributed by atoms with Gasteiger partial charge >= 0.3 is 0 Å². The van der Waals surface area contributed by atoms with Crippen LogP contribution in [0.2, 0.25) is 5.15 Å². The van der Waals surface area contributed by atoms with Gasteiger partial charge in [0.25, 0.3) is 0 Å². The Morgan fingerprint density at radius 3 is 2.88 bits per heavy atom. The first kappa shape index (κ1) is 18.4. The third-order valence-corrected chi connectivity index (χ3v) is 4.99. The summed E-state index contributed by atoms with van der Waals surface area (Å²) in [6.07, 6.45) is 2.30. The van der Waals surface area contributed by atoms with Gasteiger partial charge in [0.2, 0.25) is 0 Å². The zero-order valence-electron chi connectivity index (χ0n) is 15.4. The van der Waals surface area contributed by atoms with Crippen LogP contribution in [0.15, 0.2) is 18.2 Å². The molecule has 2 unspecified atom stereocenters. The molecule has 2 heterocycles. The molecule has 0 aliphatic carbocycles. The Labute approximate surface area is 154 Å². The summed E-state index contributed by atoms with van der Waals surface area (Å²) in [5, 5.41) is 15.2. The lowest BCUT2D eigenvalue weighted by molar-refractivity contribution is 0.0617. The van der Waals surface area contributed by atoms with Crippen molar-refractivity contribution in [1.29, 1.82) is 0 Å². The molecule has 0 spiro atoms. The van der Waals surface area contributed by atoms with Gasteiger partial charge in [-0.3, -0.25) is 0 Å². The molecule has 136 valence electrons. The van der Waals surface area contributed by atoms with Crippen molar-refractivity contribution in [2.75, 3.05) is 6.54 Å². The maximum atomic E-state index is 10.1. The molecular weight excluding hydrogens is 336 g/mol. The van der Waals surface area contributed by atoms with Gasteiger partial charge in [-0.25, -0.2) is 4.98 Å². The Morgan fingerprint density at radius 1 is 1.40 bits per heavy atom. The van der Waals surface area contributed by atoms with E-state index in [2.05, 4.69) is 43.2 Å². The summed E-state index contributed by atoms with van der Waals surface area (Å²) in [4.78, 5) is 4.47. The Morgan fingerprint density at radius 2 is 2.16 bits per heavy atom. The SMILES string of the molecule is CCCC(O)CNC1CC(C)(C)Oc2cc3c(C)cc(Cl)nc3cc21. The molecule has 5 heteroatoms. The summed E-state index contributed by atoms with van der Waals surface area (Å²) in [5.74, 6) is 0.887. The van der Waals surface area contributed by atoms with E-state index in [0.29, 0.717) is 11.7 Å². The van der Waals surface area contributed by atoms with Crippen LogP contribution in [-0.4, -0.2) is 28.3 Å². The number of aryl methyl sites for hydroxylation is 1. The fourth-order valence-corrected chi connectivity index (χ4v) is 3.85. The number of nitrogens with zero attached hydrogens (tertiary/aromatic N) is 1. The molecule has 1 aliphatic rings. The van der Waals surface area contributed by atoms with Crippen molar-refractivity contribution in [2.24, 2.45) is 0 Å². The first-order valence-electron chi connectivity index (χ1n) is 9.00. The average molecular weight is 363 g/mol. The van der Waals surface area contributed by atoms with Crippen LogP contribution in [0, 0.1) is 6.92 Å². The maximum absolute atomic E-state index is 10.1. The van der Waals surface area contributed by atoms with E-state index in [-0.39, 0.29) is 17.7 Å². The summed E-state index contributed by atoms with van der Waals surface area (Å²) in [6.45, 7) is 8.90. The number of aromatic nitrogens is 1. The molecule has 1 aromatic heterocycles. The smallest absolute Gasteiger partial charge is 0.130 e. The Balaban J connectivity index is 1.98. The lowest BCUT2D eigenvalue weighted by Crippen LogP contribution is -2.41. The summed E-state index contributed by atoms with van der Waals surface area (Å²) in [6, 6.07) is 6.14. The summed E-state index contributed by atoms with van der Waals surface area (Å²) >= 11 is 6.14. The first-order valence-corrected chi connectivity index (χ1v) is 9.38. The number of aliphatic hydroxyl groups excluding tert-OH is 1. The molecule has 2 N–H and O–H groups in total. The van der Waals surface area contributed by atoms with E-state index in [4.69, 9.17) is 16.3 Å². The summed E-state index contributed by atoms with van der Waals surface area (Å²) in [7, 11) is 0. The van der Waals surface area contributed by atoms with Gasteiger partial charge in [-0.2, -0.15) is 0 Å². The third-order valence-electron chi connectivity index (χ3n) is 4.79. The number of aliphatic hydroxyl groups is 1. The van der Waals surface area contributed by atoms with Crippen LogP contribution in [0.4, 0.5) is 0 Å². The number of pyridine rings is 1. The van der Waals surface area contributed by atoms with Crippen molar-refractivity contribution in [3.63, 3.8) is 0 Å². The van der Waals surface area contributed by atoms with Crippen molar-refractivity contribution in [2.45, 2.75) is 64.7 Å². The standard InChI is InChI=1S/C20H27ClN2O2/c1-5-6-13(24)11-22-17-10-20(3,4)25-18-9-14-12(2)7-19(21)23-16(14)8-15(17)18/h7-9,13,17,22,24H,5-6,10-11H2,1-4H3. The lowest BCUT2D eigenvalue weighted by atomic mass is 9.88. The molecule has 2 aromatic rings. The van der Waals surface area contributed by atoms with E-state index in [0.717, 1.165) is 47.0 Å². The van der Waals surface area contributed by atoms with Gasteiger partial charge in [-0.05, 0) is 51.0 Å². The van der Waals surface area contributed by atoms with Gasteiger partial charge in [0.1, 0.15) is 16.5 Å². The van der Waals surface area contributed by atoms with Crippen molar-refractivity contribution < 1.29 is 9.84 Å². The van der Waals surface area contributed by atoms with Crippen LogP contribution in [0.1, 0.15) is 57.2 Å². The molecule has 1 aliphatic heterocycles. The van der Waals surface area contributed by atoms with E-state index in [1.807, 2.05) is 13.0 Å². The minimum atomic E-state index is -0.324. The number of rotatable bonds is 5. The molecular formula is C20H27ClN2O2. The van der Waals surface area contributed by atoms with Crippen LogP contribution in [0.5, 0.6) is 5.75 Å². The van der Waals surface area contributed by atoms with Crippen LogP contribution >= 0.6 is 11.6 Å². The Hall–Kier alpha value is -1.36. The number of benzene rings is 1. The van der Waals surface area contributed by atoms with Crippen molar-refractivity contribution in [3.8, 4) is 5.75 Å². The molecule has 0 radical (unpaired) electrons. The second kappa shape index (κ2) is 7.10. The van der Waals surface area contributed by atoms with E-state index >= 15 is 0 Å². The quantitative estimate of drug-likeness (QED) is 0.766.